The van der Waals surface area contributed by atoms with Crippen LogP contribution in [0.15, 0.2) is 16.9 Å². The van der Waals surface area contributed by atoms with E-state index in [1.54, 1.807) is 4.57 Å². The van der Waals surface area contributed by atoms with Gasteiger partial charge in [-0.05, 0) is 43.9 Å². The third-order valence-electron chi connectivity index (χ3n) is 5.06. The van der Waals surface area contributed by atoms with Crippen LogP contribution in [-0.4, -0.2) is 23.7 Å². The van der Waals surface area contributed by atoms with Crippen LogP contribution in [0.25, 0.3) is 10.9 Å². The lowest BCUT2D eigenvalue weighted by Gasteiger charge is -2.24. The predicted molar refractivity (Wildman–Crippen MR) is 90.7 cm³/mol. The molecule has 5 nitrogen and oxygen atoms in total. The van der Waals surface area contributed by atoms with Crippen molar-refractivity contribution in [2.24, 2.45) is 5.73 Å². The largest absolute Gasteiger partial charge is 0.367 e. The van der Waals surface area contributed by atoms with Crippen LogP contribution in [0.1, 0.15) is 36.4 Å². The van der Waals surface area contributed by atoms with Gasteiger partial charge in [0.15, 0.2) is 0 Å². The standard InChI is InChI=1S/C18H19FN4O/c1-10-16-11(6-12(8-20)18(24)23(16)14-2-3-14)7-15(19)17(10)22-5-4-13(21)9-22/h6-7,13-14H,2-5,9,21H2,1H3/t13-/m0/s1. The maximum atomic E-state index is 14.8. The van der Waals surface area contributed by atoms with E-state index in [1.165, 1.54) is 12.1 Å². The van der Waals surface area contributed by atoms with Gasteiger partial charge in [0, 0.05) is 30.6 Å². The van der Waals surface area contributed by atoms with Gasteiger partial charge in [0.2, 0.25) is 0 Å². The monoisotopic (exact) mass is 326 g/mol. The third-order valence-corrected chi connectivity index (χ3v) is 5.06. The van der Waals surface area contributed by atoms with E-state index in [1.807, 2.05) is 17.9 Å². The molecule has 1 aromatic heterocycles. The van der Waals surface area contributed by atoms with Gasteiger partial charge >= 0.3 is 0 Å². The molecule has 2 heterocycles. The number of benzene rings is 1. The molecule has 24 heavy (non-hydrogen) atoms. The number of nitrogens with zero attached hydrogens (tertiary/aromatic N) is 3. The van der Waals surface area contributed by atoms with Crippen molar-refractivity contribution in [3.05, 3.63) is 39.4 Å². The SMILES string of the molecule is Cc1c(N2CC[C@H](N)C2)c(F)cc2cc(C#N)c(=O)n(C3CC3)c12. The Morgan fingerprint density at radius 1 is 1.33 bits per heavy atom. The molecule has 1 atom stereocenters. The number of hydrogen-bond donors (Lipinski definition) is 1. The lowest BCUT2D eigenvalue weighted by atomic mass is 10.0. The van der Waals surface area contributed by atoms with Crippen molar-refractivity contribution in [2.45, 2.75) is 38.3 Å². The summed E-state index contributed by atoms with van der Waals surface area (Å²) in [6.45, 7) is 3.19. The van der Waals surface area contributed by atoms with Crippen molar-refractivity contribution < 1.29 is 4.39 Å². The number of rotatable bonds is 2. The van der Waals surface area contributed by atoms with E-state index in [9.17, 15) is 14.4 Å². The fraction of sp³-hybridized carbons (Fsp3) is 0.444. The van der Waals surface area contributed by atoms with Crippen LogP contribution in [0, 0.1) is 24.1 Å². The summed E-state index contributed by atoms with van der Waals surface area (Å²) in [6.07, 6.45) is 2.68. The highest BCUT2D eigenvalue weighted by molar-refractivity contribution is 5.89. The molecular formula is C18H19FN4O. The average Bonchev–Trinajstić information content (AvgIpc) is 3.29. The van der Waals surface area contributed by atoms with Gasteiger partial charge in [-0.2, -0.15) is 5.26 Å². The first-order valence-electron chi connectivity index (χ1n) is 8.30. The molecule has 6 heteroatoms. The molecular weight excluding hydrogens is 307 g/mol. The smallest absolute Gasteiger partial charge is 0.269 e. The number of nitrogens with two attached hydrogens (primary N) is 1. The Morgan fingerprint density at radius 3 is 2.67 bits per heavy atom. The number of halogens is 1. The molecule has 2 aromatic rings. The van der Waals surface area contributed by atoms with Crippen molar-refractivity contribution in [3.63, 3.8) is 0 Å². The third kappa shape index (κ3) is 2.20. The lowest BCUT2D eigenvalue weighted by molar-refractivity contribution is 0.622. The highest BCUT2D eigenvalue weighted by Crippen LogP contribution is 2.39. The molecule has 0 amide bonds. The normalized spacial score (nSPS) is 20.6. The Labute approximate surface area is 139 Å². The molecule has 1 aliphatic carbocycles. The van der Waals surface area contributed by atoms with Crippen molar-refractivity contribution in [1.29, 1.82) is 5.26 Å². The summed E-state index contributed by atoms with van der Waals surface area (Å²) in [7, 11) is 0. The summed E-state index contributed by atoms with van der Waals surface area (Å²) < 4.78 is 16.5. The van der Waals surface area contributed by atoms with E-state index in [2.05, 4.69) is 0 Å². The van der Waals surface area contributed by atoms with E-state index < -0.39 is 0 Å². The minimum atomic E-state index is -0.320. The van der Waals surface area contributed by atoms with Gasteiger partial charge in [-0.1, -0.05) is 0 Å². The van der Waals surface area contributed by atoms with Gasteiger partial charge in [0.1, 0.15) is 17.4 Å². The second kappa shape index (κ2) is 5.32. The zero-order chi connectivity index (χ0) is 17.0. The minimum Gasteiger partial charge on any atom is -0.367 e. The molecule has 0 radical (unpaired) electrons. The highest BCUT2D eigenvalue weighted by atomic mass is 19.1. The van der Waals surface area contributed by atoms with Crippen LogP contribution >= 0.6 is 0 Å². The summed E-state index contributed by atoms with van der Waals surface area (Å²) in [5, 5.41) is 9.83. The van der Waals surface area contributed by atoms with Gasteiger partial charge in [-0.15, -0.1) is 0 Å². The maximum absolute atomic E-state index is 14.8. The number of nitriles is 1. The molecule has 1 aliphatic heterocycles. The number of aryl methyl sites for hydroxylation is 1. The average molecular weight is 326 g/mol. The molecule has 2 N–H and O–H groups in total. The van der Waals surface area contributed by atoms with Crippen molar-refractivity contribution in [1.82, 2.24) is 4.57 Å². The number of pyridine rings is 1. The summed E-state index contributed by atoms with van der Waals surface area (Å²) in [6, 6.07) is 5.06. The van der Waals surface area contributed by atoms with Crippen LogP contribution in [0.2, 0.25) is 0 Å². The van der Waals surface area contributed by atoms with Gasteiger partial charge in [-0.3, -0.25) is 4.79 Å². The first kappa shape index (κ1) is 15.2. The summed E-state index contributed by atoms with van der Waals surface area (Å²) >= 11 is 0. The topological polar surface area (TPSA) is 75.1 Å². The number of hydrogen-bond acceptors (Lipinski definition) is 4. The number of fused-ring (bicyclic) bond motifs is 1. The molecule has 0 bridgehead atoms. The fourth-order valence-corrected chi connectivity index (χ4v) is 3.80. The Hall–Kier alpha value is -2.39. The molecule has 124 valence electrons. The fourth-order valence-electron chi connectivity index (χ4n) is 3.80. The minimum absolute atomic E-state index is 0.0473. The van der Waals surface area contributed by atoms with E-state index in [0.717, 1.165) is 30.3 Å². The number of aromatic nitrogens is 1. The first-order valence-corrected chi connectivity index (χ1v) is 8.30. The van der Waals surface area contributed by atoms with Gasteiger partial charge in [0.05, 0.1) is 11.2 Å². The van der Waals surface area contributed by atoms with Crippen molar-refractivity contribution >= 4 is 16.6 Å². The molecule has 0 spiro atoms. The van der Waals surface area contributed by atoms with Gasteiger partial charge in [-0.25, -0.2) is 4.39 Å². The van der Waals surface area contributed by atoms with E-state index in [0.29, 0.717) is 24.2 Å². The van der Waals surface area contributed by atoms with Crippen LogP contribution in [0.5, 0.6) is 0 Å². The van der Waals surface area contributed by atoms with Crippen LogP contribution < -0.4 is 16.2 Å². The van der Waals surface area contributed by atoms with Crippen LogP contribution in [0.4, 0.5) is 10.1 Å². The molecule has 2 aliphatic rings. The molecule has 1 aromatic carbocycles. The quantitative estimate of drug-likeness (QED) is 0.918. The predicted octanol–water partition coefficient (Wildman–Crippen LogP) is 2.19. The van der Waals surface area contributed by atoms with Gasteiger partial charge < -0.3 is 15.2 Å². The molecule has 1 saturated carbocycles. The Balaban J connectivity index is 2.03. The second-order valence-corrected chi connectivity index (χ2v) is 6.84. The van der Waals surface area contributed by atoms with E-state index >= 15 is 0 Å². The maximum Gasteiger partial charge on any atom is 0.269 e. The van der Waals surface area contributed by atoms with Crippen molar-refractivity contribution in [2.75, 3.05) is 18.0 Å². The van der Waals surface area contributed by atoms with Gasteiger partial charge in [0.25, 0.3) is 5.56 Å². The molecule has 0 unspecified atom stereocenters. The molecule has 2 fully saturated rings. The zero-order valence-corrected chi connectivity index (χ0v) is 13.6. The number of anilines is 1. The summed E-state index contributed by atoms with van der Waals surface area (Å²) in [5.41, 5.74) is 7.81. The Kier molecular flexibility index (Phi) is 3.36. The lowest BCUT2D eigenvalue weighted by Crippen LogP contribution is -2.28. The summed E-state index contributed by atoms with van der Waals surface area (Å²) in [4.78, 5) is 14.6. The highest BCUT2D eigenvalue weighted by Gasteiger charge is 2.30. The zero-order valence-electron chi connectivity index (χ0n) is 13.6. The van der Waals surface area contributed by atoms with E-state index in [-0.39, 0.29) is 29.0 Å². The molecule has 4 rings (SSSR count). The second-order valence-electron chi connectivity index (χ2n) is 6.84. The van der Waals surface area contributed by atoms with Crippen molar-refractivity contribution in [3.8, 4) is 6.07 Å². The van der Waals surface area contributed by atoms with Crippen LogP contribution in [0.3, 0.4) is 0 Å². The molecule has 1 saturated heterocycles. The van der Waals surface area contributed by atoms with E-state index in [4.69, 9.17) is 5.73 Å². The first-order chi connectivity index (χ1) is 11.5. The Bertz CT molecular complexity index is 939. The summed E-state index contributed by atoms with van der Waals surface area (Å²) in [5.74, 6) is -0.320. The Morgan fingerprint density at radius 2 is 2.08 bits per heavy atom. The van der Waals surface area contributed by atoms with Crippen LogP contribution in [-0.2, 0) is 0 Å².